The first-order valence-electron chi connectivity index (χ1n) is 6.38. The topological polar surface area (TPSA) is 111 Å². The zero-order valence-electron chi connectivity index (χ0n) is 12.1. The highest BCUT2D eigenvalue weighted by Gasteiger charge is 2.22. The molecule has 0 aliphatic heterocycles. The average molecular weight is 353 g/mol. The highest BCUT2D eigenvalue weighted by atomic mass is 32.2. The molecule has 1 N–H and O–H groups in total. The fourth-order valence-corrected chi connectivity index (χ4v) is 3.96. The first-order valence-corrected chi connectivity index (χ1v) is 8.68. The van der Waals surface area contributed by atoms with E-state index in [1.165, 1.54) is 28.8 Å². The van der Waals surface area contributed by atoms with Crippen LogP contribution in [0.4, 0.5) is 0 Å². The molecule has 3 aromatic rings. The molecule has 1 aromatic carbocycles. The molecule has 2 aromatic heterocycles. The molecule has 2 heterocycles. The minimum Gasteiger partial charge on any atom is -0.351 e. The molecule has 23 heavy (non-hydrogen) atoms. The van der Waals surface area contributed by atoms with Gasteiger partial charge in [-0.2, -0.15) is 0 Å². The molecule has 0 saturated carbocycles. The Morgan fingerprint density at radius 3 is 2.74 bits per heavy atom. The van der Waals surface area contributed by atoms with E-state index in [1.807, 2.05) is 4.72 Å². The Bertz CT molecular complexity index is 1070. The quantitative estimate of drug-likeness (QED) is 0.752. The van der Waals surface area contributed by atoms with Crippen LogP contribution in [0.1, 0.15) is 16.2 Å². The molecular formula is C13H11N3O5S2. The van der Waals surface area contributed by atoms with Crippen LogP contribution in [0, 0.1) is 6.92 Å². The summed E-state index contributed by atoms with van der Waals surface area (Å²) in [5, 5.41) is 3.53. The van der Waals surface area contributed by atoms with Crippen molar-refractivity contribution < 1.29 is 17.7 Å². The van der Waals surface area contributed by atoms with Crippen LogP contribution in [0.25, 0.3) is 10.2 Å². The van der Waals surface area contributed by atoms with E-state index in [1.54, 1.807) is 14.0 Å². The van der Waals surface area contributed by atoms with E-state index in [2.05, 4.69) is 5.16 Å². The fraction of sp³-hybridized carbons (Fsp3) is 0.154. The van der Waals surface area contributed by atoms with Crippen molar-refractivity contribution in [1.82, 2.24) is 14.4 Å². The number of amides is 1. The maximum absolute atomic E-state index is 12.3. The summed E-state index contributed by atoms with van der Waals surface area (Å²) in [7, 11) is -2.48. The second-order valence-electron chi connectivity index (χ2n) is 4.82. The monoisotopic (exact) mass is 353 g/mol. The maximum atomic E-state index is 12.3. The zero-order chi connectivity index (χ0) is 16.8. The number of aryl methyl sites for hydroxylation is 2. The third kappa shape index (κ3) is 2.78. The van der Waals surface area contributed by atoms with Crippen molar-refractivity contribution in [2.45, 2.75) is 11.8 Å². The van der Waals surface area contributed by atoms with Gasteiger partial charge >= 0.3 is 10.8 Å². The van der Waals surface area contributed by atoms with Crippen molar-refractivity contribution in [3.05, 3.63) is 45.4 Å². The first kappa shape index (κ1) is 15.4. The van der Waals surface area contributed by atoms with Crippen molar-refractivity contribution in [1.29, 1.82) is 0 Å². The summed E-state index contributed by atoms with van der Waals surface area (Å²) in [6.07, 6.45) is 0. The van der Waals surface area contributed by atoms with Crippen LogP contribution in [0.2, 0.25) is 0 Å². The van der Waals surface area contributed by atoms with E-state index >= 15 is 0 Å². The summed E-state index contributed by atoms with van der Waals surface area (Å²) in [4.78, 5) is 23.2. The SMILES string of the molecule is Cc1cc(C(=O)NS(=O)(=O)c2ccc3c(c2)sc(=O)n3C)on1. The van der Waals surface area contributed by atoms with Gasteiger partial charge in [0.25, 0.3) is 10.0 Å². The first-order chi connectivity index (χ1) is 10.8. The second-order valence-corrected chi connectivity index (χ2v) is 7.50. The minimum atomic E-state index is -4.09. The Morgan fingerprint density at radius 2 is 2.09 bits per heavy atom. The fourth-order valence-electron chi connectivity index (χ4n) is 1.98. The van der Waals surface area contributed by atoms with E-state index in [0.29, 0.717) is 15.9 Å². The third-order valence-corrected chi connectivity index (χ3v) is 5.48. The molecule has 0 saturated heterocycles. The number of sulfonamides is 1. The standard InChI is InChI=1S/C13H11N3O5S2/c1-7-5-10(21-14-7)12(17)15-23(19,20)8-3-4-9-11(6-8)22-13(18)16(9)2/h3-6H,1-2H3,(H,15,17). The largest absolute Gasteiger partial charge is 0.351 e. The van der Waals surface area contributed by atoms with Gasteiger partial charge in [0.05, 0.1) is 20.8 Å². The molecule has 120 valence electrons. The highest BCUT2D eigenvalue weighted by molar-refractivity contribution is 7.90. The van der Waals surface area contributed by atoms with Gasteiger partial charge < -0.3 is 9.09 Å². The highest BCUT2D eigenvalue weighted by Crippen LogP contribution is 2.21. The van der Waals surface area contributed by atoms with Crippen LogP contribution in [-0.4, -0.2) is 24.0 Å². The summed E-state index contributed by atoms with van der Waals surface area (Å²) in [6.45, 7) is 1.61. The molecule has 1 amide bonds. The molecule has 3 rings (SSSR count). The summed E-state index contributed by atoms with van der Waals surface area (Å²) in [5.74, 6) is -1.11. The van der Waals surface area contributed by atoms with Crippen LogP contribution >= 0.6 is 11.3 Å². The van der Waals surface area contributed by atoms with Crippen LogP contribution < -0.4 is 9.60 Å². The average Bonchev–Trinajstić information content (AvgIpc) is 3.03. The smallest absolute Gasteiger partial charge is 0.307 e. The Kier molecular flexibility index (Phi) is 3.57. The van der Waals surface area contributed by atoms with Crippen LogP contribution in [0.5, 0.6) is 0 Å². The molecule has 0 atom stereocenters. The molecule has 0 fully saturated rings. The molecule has 0 spiro atoms. The number of carbonyl (C=O) groups is 1. The van der Waals surface area contributed by atoms with Gasteiger partial charge in [-0.1, -0.05) is 16.5 Å². The predicted octanol–water partition coefficient (Wildman–Crippen LogP) is 1.02. The maximum Gasteiger partial charge on any atom is 0.307 e. The zero-order valence-corrected chi connectivity index (χ0v) is 13.7. The van der Waals surface area contributed by atoms with Crippen molar-refractivity contribution in [2.75, 3.05) is 0 Å². The summed E-state index contributed by atoms with van der Waals surface area (Å²) >= 11 is 0.929. The lowest BCUT2D eigenvalue weighted by molar-refractivity contribution is 0.0945. The minimum absolute atomic E-state index is 0.114. The number of nitrogens with one attached hydrogen (secondary N) is 1. The Morgan fingerprint density at radius 1 is 1.35 bits per heavy atom. The molecule has 0 aliphatic carbocycles. The Hall–Kier alpha value is -2.46. The van der Waals surface area contributed by atoms with Gasteiger partial charge in [-0.25, -0.2) is 13.1 Å². The van der Waals surface area contributed by atoms with E-state index in [0.717, 1.165) is 11.3 Å². The normalized spacial score (nSPS) is 11.7. The number of nitrogens with zero attached hydrogens (tertiary/aromatic N) is 2. The van der Waals surface area contributed by atoms with Gasteiger partial charge in [0.2, 0.25) is 5.76 Å². The number of hydrogen-bond donors (Lipinski definition) is 1. The third-order valence-electron chi connectivity index (χ3n) is 3.15. The van der Waals surface area contributed by atoms with Crippen molar-refractivity contribution >= 4 is 37.5 Å². The van der Waals surface area contributed by atoms with Crippen LogP contribution in [0.15, 0.2) is 38.5 Å². The summed E-state index contributed by atoms with van der Waals surface area (Å²) < 4.78 is 33.1. The number of thiazole rings is 1. The van der Waals surface area contributed by atoms with E-state index < -0.39 is 15.9 Å². The number of rotatable bonds is 3. The second kappa shape index (κ2) is 5.32. The van der Waals surface area contributed by atoms with Gasteiger partial charge in [0, 0.05) is 13.1 Å². The lowest BCUT2D eigenvalue weighted by atomic mass is 10.3. The van der Waals surface area contributed by atoms with E-state index in [9.17, 15) is 18.0 Å². The molecule has 0 aliphatic rings. The van der Waals surface area contributed by atoms with Gasteiger partial charge in [-0.15, -0.1) is 0 Å². The van der Waals surface area contributed by atoms with E-state index in [4.69, 9.17) is 4.52 Å². The lowest BCUT2D eigenvalue weighted by Gasteiger charge is -2.05. The molecule has 0 unspecified atom stereocenters. The summed E-state index contributed by atoms with van der Waals surface area (Å²) in [5.41, 5.74) is 1.08. The number of benzene rings is 1. The Labute approximate surface area is 134 Å². The Balaban J connectivity index is 1.96. The van der Waals surface area contributed by atoms with Crippen molar-refractivity contribution in [2.24, 2.45) is 7.05 Å². The molecule has 10 heteroatoms. The van der Waals surface area contributed by atoms with Gasteiger partial charge in [0.1, 0.15) is 0 Å². The van der Waals surface area contributed by atoms with Crippen LogP contribution in [0.3, 0.4) is 0 Å². The molecule has 0 radical (unpaired) electrons. The summed E-state index contributed by atoms with van der Waals surface area (Å²) in [6, 6.07) is 5.53. The van der Waals surface area contributed by atoms with Crippen LogP contribution in [-0.2, 0) is 17.1 Å². The number of fused-ring (bicyclic) bond motifs is 1. The van der Waals surface area contributed by atoms with Gasteiger partial charge in [0.15, 0.2) is 0 Å². The predicted molar refractivity (Wildman–Crippen MR) is 83.0 cm³/mol. The number of aromatic nitrogens is 2. The van der Waals surface area contributed by atoms with Crippen molar-refractivity contribution in [3.8, 4) is 0 Å². The number of hydrogen-bond acceptors (Lipinski definition) is 7. The van der Waals surface area contributed by atoms with Gasteiger partial charge in [-0.3, -0.25) is 9.59 Å². The van der Waals surface area contributed by atoms with Gasteiger partial charge in [-0.05, 0) is 25.1 Å². The lowest BCUT2D eigenvalue weighted by Crippen LogP contribution is -2.30. The van der Waals surface area contributed by atoms with Crippen molar-refractivity contribution in [3.63, 3.8) is 0 Å². The van der Waals surface area contributed by atoms with E-state index in [-0.39, 0.29) is 15.5 Å². The molecule has 0 bridgehead atoms. The molecule has 8 nitrogen and oxygen atoms in total. The molecular weight excluding hydrogens is 342 g/mol. The number of carbonyl (C=O) groups excluding carboxylic acids is 1.